The molecule has 1 saturated heterocycles. The van der Waals surface area contributed by atoms with Crippen LogP contribution in [0.15, 0.2) is 12.4 Å². The Balaban J connectivity index is 1.81. The van der Waals surface area contributed by atoms with Gasteiger partial charge in [-0.3, -0.25) is 9.48 Å². The molecule has 1 aliphatic rings. The third-order valence-electron chi connectivity index (χ3n) is 3.28. The Bertz CT molecular complexity index is 502. The summed E-state index contributed by atoms with van der Waals surface area (Å²) < 4.78 is 6.99. The first-order valence-corrected chi connectivity index (χ1v) is 6.89. The summed E-state index contributed by atoms with van der Waals surface area (Å²) in [5, 5.41) is 15.8. The molecule has 116 valence electrons. The average molecular weight is 296 g/mol. The molecule has 1 unspecified atom stereocenters. The Kier molecular flexibility index (Phi) is 5.15. The maximum Gasteiger partial charge on any atom is 0.317 e. The second-order valence-corrected chi connectivity index (χ2v) is 5.03. The zero-order valence-corrected chi connectivity index (χ0v) is 12.0. The Morgan fingerprint density at radius 3 is 3.05 bits per heavy atom. The van der Waals surface area contributed by atoms with E-state index in [9.17, 15) is 9.59 Å². The first-order chi connectivity index (χ1) is 10.1. The first-order valence-electron chi connectivity index (χ1n) is 6.89. The predicted molar refractivity (Wildman–Crippen MR) is 73.9 cm³/mol. The molecule has 2 amide bonds. The van der Waals surface area contributed by atoms with Crippen molar-refractivity contribution in [3.63, 3.8) is 0 Å². The van der Waals surface area contributed by atoms with Gasteiger partial charge >= 0.3 is 12.0 Å². The average Bonchev–Trinajstić information content (AvgIpc) is 2.84. The van der Waals surface area contributed by atoms with Crippen LogP contribution in [0.4, 0.5) is 4.79 Å². The van der Waals surface area contributed by atoms with Crippen LogP contribution in [0.2, 0.25) is 0 Å². The molecule has 2 N–H and O–H groups in total. The number of amides is 2. The summed E-state index contributed by atoms with van der Waals surface area (Å²) >= 11 is 0. The SMILES string of the molecule is Cc1cnn(CCNC(=O)N2CCOCC2CC(=O)O)c1. The van der Waals surface area contributed by atoms with E-state index in [1.807, 2.05) is 13.1 Å². The summed E-state index contributed by atoms with van der Waals surface area (Å²) in [6.45, 7) is 4.07. The standard InChI is InChI=1S/C13H20N4O4/c1-10-7-15-16(8-10)3-2-14-13(20)17-4-5-21-9-11(17)6-12(18)19/h7-8,11H,2-6,9H2,1H3,(H,14,20)(H,18,19). The minimum absolute atomic E-state index is 0.105. The number of aryl methyl sites for hydroxylation is 1. The predicted octanol–water partition coefficient (Wildman–Crippen LogP) is 0.0766. The molecule has 8 heteroatoms. The topological polar surface area (TPSA) is 96.7 Å². The van der Waals surface area contributed by atoms with Crippen LogP contribution in [0.25, 0.3) is 0 Å². The number of urea groups is 1. The molecule has 0 saturated carbocycles. The van der Waals surface area contributed by atoms with Gasteiger partial charge in [0.05, 0.1) is 38.4 Å². The quantitative estimate of drug-likeness (QED) is 0.802. The van der Waals surface area contributed by atoms with Crippen LogP contribution in [-0.4, -0.2) is 64.1 Å². The van der Waals surface area contributed by atoms with Crippen molar-refractivity contribution in [2.75, 3.05) is 26.3 Å². The van der Waals surface area contributed by atoms with Crippen LogP contribution in [-0.2, 0) is 16.1 Å². The second-order valence-electron chi connectivity index (χ2n) is 5.03. The zero-order valence-electron chi connectivity index (χ0n) is 12.0. The van der Waals surface area contributed by atoms with Crippen LogP contribution >= 0.6 is 0 Å². The molecular formula is C13H20N4O4. The fraction of sp³-hybridized carbons (Fsp3) is 0.615. The van der Waals surface area contributed by atoms with Crippen LogP contribution in [0, 0.1) is 6.92 Å². The number of hydrogen-bond acceptors (Lipinski definition) is 4. The van der Waals surface area contributed by atoms with Crippen molar-refractivity contribution in [3.05, 3.63) is 18.0 Å². The lowest BCUT2D eigenvalue weighted by molar-refractivity contribution is -0.139. The highest BCUT2D eigenvalue weighted by atomic mass is 16.5. The number of nitrogens with zero attached hydrogens (tertiary/aromatic N) is 3. The van der Waals surface area contributed by atoms with Gasteiger partial charge in [-0.2, -0.15) is 5.10 Å². The van der Waals surface area contributed by atoms with Crippen molar-refractivity contribution < 1.29 is 19.4 Å². The Hall–Kier alpha value is -2.09. The van der Waals surface area contributed by atoms with Crippen molar-refractivity contribution in [1.82, 2.24) is 20.0 Å². The van der Waals surface area contributed by atoms with E-state index < -0.39 is 12.0 Å². The lowest BCUT2D eigenvalue weighted by Crippen LogP contribution is -2.53. The van der Waals surface area contributed by atoms with Crippen LogP contribution < -0.4 is 5.32 Å². The number of carboxylic acid groups (broad SMARTS) is 1. The van der Waals surface area contributed by atoms with Gasteiger partial charge in [0.15, 0.2) is 0 Å². The number of ether oxygens (including phenoxy) is 1. The number of carbonyl (C=O) groups excluding carboxylic acids is 1. The Morgan fingerprint density at radius 2 is 2.38 bits per heavy atom. The molecule has 2 rings (SSSR count). The third kappa shape index (κ3) is 4.45. The van der Waals surface area contributed by atoms with Gasteiger partial charge in [0.2, 0.25) is 0 Å². The van der Waals surface area contributed by atoms with Crippen LogP contribution in [0.3, 0.4) is 0 Å². The summed E-state index contributed by atoms with van der Waals surface area (Å²) in [4.78, 5) is 24.5. The molecule has 0 bridgehead atoms. The number of morpholine rings is 1. The van der Waals surface area contributed by atoms with Gasteiger partial charge in [-0.1, -0.05) is 0 Å². The fourth-order valence-corrected chi connectivity index (χ4v) is 2.26. The molecule has 0 radical (unpaired) electrons. The number of aromatic nitrogens is 2. The smallest absolute Gasteiger partial charge is 0.317 e. The minimum Gasteiger partial charge on any atom is -0.481 e. The van der Waals surface area contributed by atoms with E-state index >= 15 is 0 Å². The van der Waals surface area contributed by atoms with E-state index in [0.29, 0.717) is 26.2 Å². The number of carboxylic acids is 1. The zero-order chi connectivity index (χ0) is 15.2. The van der Waals surface area contributed by atoms with Gasteiger partial charge in [0, 0.05) is 19.3 Å². The lowest BCUT2D eigenvalue weighted by Gasteiger charge is -2.34. The van der Waals surface area contributed by atoms with Crippen molar-refractivity contribution in [1.29, 1.82) is 0 Å². The van der Waals surface area contributed by atoms with Crippen LogP contribution in [0.5, 0.6) is 0 Å². The molecule has 2 heterocycles. The molecule has 1 aliphatic heterocycles. The summed E-state index contributed by atoms with van der Waals surface area (Å²) in [6.07, 6.45) is 3.55. The number of carbonyl (C=O) groups is 2. The molecule has 8 nitrogen and oxygen atoms in total. The van der Waals surface area contributed by atoms with Crippen molar-refractivity contribution in [2.45, 2.75) is 25.9 Å². The number of aliphatic carboxylic acids is 1. The van der Waals surface area contributed by atoms with E-state index in [0.717, 1.165) is 5.56 Å². The highest BCUT2D eigenvalue weighted by Crippen LogP contribution is 2.10. The maximum atomic E-state index is 12.1. The molecule has 1 aromatic rings. The molecule has 0 aromatic carbocycles. The summed E-state index contributed by atoms with van der Waals surface area (Å²) in [5.41, 5.74) is 1.07. The first kappa shape index (κ1) is 15.3. The van der Waals surface area contributed by atoms with Crippen molar-refractivity contribution >= 4 is 12.0 Å². The van der Waals surface area contributed by atoms with Gasteiger partial charge in [-0.25, -0.2) is 4.79 Å². The van der Waals surface area contributed by atoms with Gasteiger partial charge in [0.1, 0.15) is 0 Å². The third-order valence-corrected chi connectivity index (χ3v) is 3.28. The molecule has 21 heavy (non-hydrogen) atoms. The van der Waals surface area contributed by atoms with Gasteiger partial charge in [-0.05, 0) is 12.5 Å². The summed E-state index contributed by atoms with van der Waals surface area (Å²) in [5.74, 6) is -0.935. The summed E-state index contributed by atoms with van der Waals surface area (Å²) in [6, 6.07) is -0.670. The van der Waals surface area contributed by atoms with Gasteiger partial charge in [-0.15, -0.1) is 0 Å². The Labute approximate surface area is 122 Å². The van der Waals surface area contributed by atoms with E-state index in [1.165, 1.54) is 4.90 Å². The highest BCUT2D eigenvalue weighted by molar-refractivity contribution is 5.76. The largest absolute Gasteiger partial charge is 0.481 e. The lowest BCUT2D eigenvalue weighted by atomic mass is 10.1. The molecular weight excluding hydrogens is 276 g/mol. The van der Waals surface area contributed by atoms with E-state index in [-0.39, 0.29) is 19.1 Å². The highest BCUT2D eigenvalue weighted by Gasteiger charge is 2.28. The van der Waals surface area contributed by atoms with Crippen molar-refractivity contribution in [3.8, 4) is 0 Å². The molecule has 1 fully saturated rings. The number of hydrogen-bond donors (Lipinski definition) is 2. The molecule has 0 aliphatic carbocycles. The van der Waals surface area contributed by atoms with Gasteiger partial charge < -0.3 is 20.1 Å². The minimum atomic E-state index is -0.935. The number of nitrogens with one attached hydrogen (secondary N) is 1. The fourth-order valence-electron chi connectivity index (χ4n) is 2.26. The monoisotopic (exact) mass is 296 g/mol. The molecule has 1 aromatic heterocycles. The normalized spacial score (nSPS) is 18.5. The molecule has 1 atom stereocenters. The van der Waals surface area contributed by atoms with Crippen LogP contribution in [0.1, 0.15) is 12.0 Å². The number of rotatable bonds is 5. The summed E-state index contributed by atoms with van der Waals surface area (Å²) in [7, 11) is 0. The van der Waals surface area contributed by atoms with Gasteiger partial charge in [0.25, 0.3) is 0 Å². The van der Waals surface area contributed by atoms with E-state index in [2.05, 4.69) is 10.4 Å². The Morgan fingerprint density at radius 1 is 1.57 bits per heavy atom. The maximum absolute atomic E-state index is 12.1. The molecule has 0 spiro atoms. The van der Waals surface area contributed by atoms with E-state index in [1.54, 1.807) is 10.9 Å². The van der Waals surface area contributed by atoms with Crippen molar-refractivity contribution in [2.24, 2.45) is 0 Å². The van der Waals surface area contributed by atoms with E-state index in [4.69, 9.17) is 9.84 Å². The second kappa shape index (κ2) is 7.07.